The summed E-state index contributed by atoms with van der Waals surface area (Å²) in [5, 5.41) is 0. The van der Waals surface area contributed by atoms with E-state index >= 15 is 0 Å². The molecule has 0 spiro atoms. The van der Waals surface area contributed by atoms with E-state index in [1.807, 2.05) is 25.1 Å². The van der Waals surface area contributed by atoms with E-state index in [0.29, 0.717) is 6.61 Å². The van der Waals surface area contributed by atoms with Gasteiger partial charge in [0.05, 0.1) is 5.54 Å². The Kier molecular flexibility index (Phi) is 4.04. The Labute approximate surface area is 105 Å². The molecular formula is C11H15BrClNO. The summed E-state index contributed by atoms with van der Waals surface area (Å²) in [6.07, 6.45) is 2.17. The van der Waals surface area contributed by atoms with Crippen molar-refractivity contribution in [3.8, 4) is 5.75 Å². The van der Waals surface area contributed by atoms with Gasteiger partial charge in [0.1, 0.15) is 12.4 Å². The van der Waals surface area contributed by atoms with Crippen LogP contribution in [0.2, 0.25) is 0 Å². The Hall–Kier alpha value is -0.250. The smallest absolute Gasteiger partial charge is 0.119 e. The highest BCUT2D eigenvalue weighted by molar-refractivity contribution is 9.10. The van der Waals surface area contributed by atoms with Crippen molar-refractivity contribution in [2.75, 3.05) is 6.61 Å². The number of hydrogen-bond acceptors (Lipinski definition) is 2. The van der Waals surface area contributed by atoms with E-state index in [9.17, 15) is 0 Å². The molecular weight excluding hydrogens is 277 g/mol. The lowest BCUT2D eigenvalue weighted by molar-refractivity contribution is 0.279. The topological polar surface area (TPSA) is 35.2 Å². The molecule has 1 fully saturated rings. The van der Waals surface area contributed by atoms with Crippen LogP contribution in [0.5, 0.6) is 5.75 Å². The molecule has 0 saturated heterocycles. The van der Waals surface area contributed by atoms with Gasteiger partial charge in [0.15, 0.2) is 0 Å². The molecule has 1 aliphatic carbocycles. The highest BCUT2D eigenvalue weighted by Gasteiger charge is 2.39. The lowest BCUT2D eigenvalue weighted by atomic mass is 10.2. The lowest BCUT2D eigenvalue weighted by Crippen LogP contribution is -2.29. The van der Waals surface area contributed by atoms with Crippen LogP contribution in [0.4, 0.5) is 0 Å². The third kappa shape index (κ3) is 3.37. The SMILES string of the molecule is Cc1cc(OCC2(N)CC2)ccc1Br.Cl. The maximum atomic E-state index is 5.93. The highest BCUT2D eigenvalue weighted by Crippen LogP contribution is 2.33. The number of halogens is 2. The van der Waals surface area contributed by atoms with Gasteiger partial charge >= 0.3 is 0 Å². The highest BCUT2D eigenvalue weighted by atomic mass is 79.9. The van der Waals surface area contributed by atoms with Gasteiger partial charge in [-0.15, -0.1) is 12.4 Å². The average Bonchev–Trinajstić information content (AvgIpc) is 2.87. The fraction of sp³-hybridized carbons (Fsp3) is 0.455. The van der Waals surface area contributed by atoms with Crippen LogP contribution < -0.4 is 10.5 Å². The van der Waals surface area contributed by atoms with Gasteiger partial charge in [-0.1, -0.05) is 15.9 Å². The molecule has 0 amide bonds. The molecule has 1 saturated carbocycles. The van der Waals surface area contributed by atoms with Crippen molar-refractivity contribution in [1.82, 2.24) is 0 Å². The third-order valence-electron chi connectivity index (χ3n) is 2.55. The van der Waals surface area contributed by atoms with Crippen molar-refractivity contribution in [1.29, 1.82) is 0 Å². The summed E-state index contributed by atoms with van der Waals surface area (Å²) in [7, 11) is 0. The average molecular weight is 293 g/mol. The zero-order valence-electron chi connectivity index (χ0n) is 8.63. The molecule has 0 unspecified atom stereocenters. The van der Waals surface area contributed by atoms with Crippen LogP contribution >= 0.6 is 28.3 Å². The number of ether oxygens (including phenoxy) is 1. The van der Waals surface area contributed by atoms with Crippen molar-refractivity contribution in [2.24, 2.45) is 5.73 Å². The molecule has 2 nitrogen and oxygen atoms in total. The quantitative estimate of drug-likeness (QED) is 0.929. The number of benzene rings is 1. The zero-order valence-corrected chi connectivity index (χ0v) is 11.0. The summed E-state index contributed by atoms with van der Waals surface area (Å²) in [5.41, 5.74) is 7.07. The molecule has 0 radical (unpaired) electrons. The molecule has 0 atom stereocenters. The van der Waals surface area contributed by atoms with Crippen molar-refractivity contribution in [3.63, 3.8) is 0 Å². The predicted molar refractivity (Wildman–Crippen MR) is 67.8 cm³/mol. The Balaban J connectivity index is 0.00000112. The van der Waals surface area contributed by atoms with Crippen LogP contribution in [0.25, 0.3) is 0 Å². The Morgan fingerprint density at radius 2 is 2.13 bits per heavy atom. The molecule has 4 heteroatoms. The van der Waals surface area contributed by atoms with Gasteiger partial charge in [-0.25, -0.2) is 0 Å². The fourth-order valence-corrected chi connectivity index (χ4v) is 1.49. The molecule has 1 aliphatic rings. The van der Waals surface area contributed by atoms with Crippen LogP contribution in [0.3, 0.4) is 0 Å². The van der Waals surface area contributed by atoms with Crippen molar-refractivity contribution >= 4 is 28.3 Å². The Morgan fingerprint density at radius 3 is 2.67 bits per heavy atom. The predicted octanol–water partition coefficient (Wildman–Crippen LogP) is 3.05. The summed E-state index contributed by atoms with van der Waals surface area (Å²) < 4.78 is 6.73. The van der Waals surface area contributed by atoms with E-state index in [1.165, 1.54) is 5.56 Å². The summed E-state index contributed by atoms with van der Waals surface area (Å²) in [5.74, 6) is 0.905. The first-order chi connectivity index (χ1) is 6.59. The van der Waals surface area contributed by atoms with E-state index in [0.717, 1.165) is 23.1 Å². The molecule has 0 aromatic heterocycles. The van der Waals surface area contributed by atoms with Crippen molar-refractivity contribution in [3.05, 3.63) is 28.2 Å². The standard InChI is InChI=1S/C11H14BrNO.ClH/c1-8-6-9(2-3-10(8)12)14-7-11(13)4-5-11;/h2-3,6H,4-5,7,13H2,1H3;1H. The minimum absolute atomic E-state index is 0. The second-order valence-electron chi connectivity index (χ2n) is 4.06. The second kappa shape index (κ2) is 4.73. The van der Waals surface area contributed by atoms with E-state index < -0.39 is 0 Å². The number of hydrogen-bond donors (Lipinski definition) is 1. The summed E-state index contributed by atoms with van der Waals surface area (Å²) in [4.78, 5) is 0. The largest absolute Gasteiger partial charge is 0.492 e. The monoisotopic (exact) mass is 291 g/mol. The molecule has 0 bridgehead atoms. The van der Waals surface area contributed by atoms with Crippen molar-refractivity contribution in [2.45, 2.75) is 25.3 Å². The molecule has 0 heterocycles. The lowest BCUT2D eigenvalue weighted by Gasteiger charge is -2.11. The normalized spacial score (nSPS) is 16.7. The molecule has 1 aromatic rings. The summed E-state index contributed by atoms with van der Waals surface area (Å²) in [6.45, 7) is 2.68. The molecule has 84 valence electrons. The maximum Gasteiger partial charge on any atom is 0.119 e. The van der Waals surface area contributed by atoms with E-state index in [4.69, 9.17) is 10.5 Å². The van der Waals surface area contributed by atoms with E-state index in [2.05, 4.69) is 15.9 Å². The third-order valence-corrected chi connectivity index (χ3v) is 3.44. The molecule has 0 aliphatic heterocycles. The first kappa shape index (κ1) is 12.8. The van der Waals surface area contributed by atoms with Gasteiger partial charge in [0, 0.05) is 4.47 Å². The Bertz CT molecular complexity index is 352. The molecule has 2 N–H and O–H groups in total. The van der Waals surface area contributed by atoms with Gasteiger partial charge in [0.2, 0.25) is 0 Å². The zero-order chi connectivity index (χ0) is 10.2. The van der Waals surface area contributed by atoms with Crippen LogP contribution in [0, 0.1) is 6.92 Å². The van der Waals surface area contributed by atoms with Crippen LogP contribution in [-0.2, 0) is 0 Å². The Morgan fingerprint density at radius 1 is 1.47 bits per heavy atom. The maximum absolute atomic E-state index is 5.93. The minimum Gasteiger partial charge on any atom is -0.492 e. The van der Waals surface area contributed by atoms with Gasteiger partial charge in [-0.05, 0) is 43.5 Å². The van der Waals surface area contributed by atoms with Crippen molar-refractivity contribution < 1.29 is 4.74 Å². The fourth-order valence-electron chi connectivity index (χ4n) is 1.24. The minimum atomic E-state index is -0.0407. The molecule has 15 heavy (non-hydrogen) atoms. The van der Waals surface area contributed by atoms with Crippen LogP contribution in [0.15, 0.2) is 22.7 Å². The second-order valence-corrected chi connectivity index (χ2v) is 4.92. The molecule has 2 rings (SSSR count). The van der Waals surface area contributed by atoms with E-state index in [-0.39, 0.29) is 17.9 Å². The number of aryl methyl sites for hydroxylation is 1. The van der Waals surface area contributed by atoms with Crippen LogP contribution in [0.1, 0.15) is 18.4 Å². The van der Waals surface area contributed by atoms with E-state index in [1.54, 1.807) is 0 Å². The van der Waals surface area contributed by atoms with Gasteiger partial charge in [-0.2, -0.15) is 0 Å². The first-order valence-electron chi connectivity index (χ1n) is 4.77. The summed E-state index contributed by atoms with van der Waals surface area (Å²) >= 11 is 3.45. The van der Waals surface area contributed by atoms with Gasteiger partial charge in [0.25, 0.3) is 0 Å². The first-order valence-corrected chi connectivity index (χ1v) is 5.56. The van der Waals surface area contributed by atoms with Gasteiger partial charge in [-0.3, -0.25) is 0 Å². The summed E-state index contributed by atoms with van der Waals surface area (Å²) in [6, 6.07) is 5.99. The molecule has 1 aromatic carbocycles. The number of nitrogens with two attached hydrogens (primary N) is 1. The van der Waals surface area contributed by atoms with Crippen LogP contribution in [-0.4, -0.2) is 12.1 Å². The number of rotatable bonds is 3. The van der Waals surface area contributed by atoms with Gasteiger partial charge < -0.3 is 10.5 Å².